The lowest BCUT2D eigenvalue weighted by Gasteiger charge is -2.00. The van der Waals surface area contributed by atoms with Gasteiger partial charge >= 0.3 is 0 Å². The van der Waals surface area contributed by atoms with Crippen LogP contribution in [0.3, 0.4) is 0 Å². The van der Waals surface area contributed by atoms with Gasteiger partial charge in [-0.05, 0) is 34.5 Å². The molecule has 0 spiro atoms. The minimum Gasteiger partial charge on any atom is -0.401 e. The Labute approximate surface area is 84.2 Å². The summed E-state index contributed by atoms with van der Waals surface area (Å²) in [4.78, 5) is 0. The van der Waals surface area contributed by atoms with E-state index in [1.807, 2.05) is 20.0 Å². The summed E-state index contributed by atoms with van der Waals surface area (Å²) in [6.45, 7) is 1.97. The van der Waals surface area contributed by atoms with E-state index in [2.05, 4.69) is 37.2 Å². The third kappa shape index (κ3) is 4.48. The first-order chi connectivity index (χ1) is 5.11. The molecule has 0 heterocycles. The lowest BCUT2D eigenvalue weighted by atomic mass is 10.2. The van der Waals surface area contributed by atoms with Gasteiger partial charge in [0, 0.05) is 18.1 Å². The maximum absolute atomic E-state index is 5.66. The zero-order chi connectivity index (χ0) is 8.85. The molecule has 0 unspecified atom stereocenters. The van der Waals surface area contributed by atoms with Crippen LogP contribution in [-0.4, -0.2) is 12.4 Å². The van der Waals surface area contributed by atoms with Gasteiger partial charge < -0.3 is 11.1 Å². The summed E-state index contributed by atoms with van der Waals surface area (Å²) in [5.41, 5.74) is 7.56. The predicted octanol–water partition coefficient (Wildman–Crippen LogP) is 2.07. The van der Waals surface area contributed by atoms with Crippen molar-refractivity contribution in [2.24, 2.45) is 5.73 Å². The number of alkyl halides is 1. The number of halogens is 2. The molecule has 0 atom stereocenters. The molecular formula is C7H12Br2N2. The first-order valence-corrected chi connectivity index (χ1v) is 5.09. The largest absolute Gasteiger partial charge is 0.401 e. The highest BCUT2D eigenvalue weighted by Gasteiger charge is 1.93. The summed E-state index contributed by atoms with van der Waals surface area (Å²) >= 11 is 6.60. The van der Waals surface area contributed by atoms with Crippen LogP contribution in [0.2, 0.25) is 0 Å². The zero-order valence-corrected chi connectivity index (χ0v) is 9.79. The minimum atomic E-state index is 0.708. The Hall–Kier alpha value is 0.0400. The van der Waals surface area contributed by atoms with Crippen molar-refractivity contribution in [2.75, 3.05) is 12.4 Å². The van der Waals surface area contributed by atoms with Gasteiger partial charge in [0.25, 0.3) is 0 Å². The second-order valence-corrected chi connectivity index (χ2v) is 3.50. The van der Waals surface area contributed by atoms with Crippen LogP contribution in [0, 0.1) is 0 Å². The van der Waals surface area contributed by atoms with E-state index in [1.165, 1.54) is 0 Å². The fourth-order valence-corrected chi connectivity index (χ4v) is 1.25. The molecule has 0 saturated carbocycles. The normalized spacial score (nSPS) is 14.4. The Morgan fingerprint density at radius 1 is 1.64 bits per heavy atom. The summed E-state index contributed by atoms with van der Waals surface area (Å²) in [6.07, 6.45) is 1.94. The number of nitrogens with two attached hydrogens (primary N) is 1. The third-order valence-corrected chi connectivity index (χ3v) is 2.46. The van der Waals surface area contributed by atoms with Gasteiger partial charge in [-0.15, -0.1) is 0 Å². The average Bonchev–Trinajstić information content (AvgIpc) is 2.02. The highest BCUT2D eigenvalue weighted by molar-refractivity contribution is 9.11. The molecule has 0 bridgehead atoms. The first kappa shape index (κ1) is 11.0. The van der Waals surface area contributed by atoms with E-state index in [-0.39, 0.29) is 0 Å². The van der Waals surface area contributed by atoms with Gasteiger partial charge in [0.05, 0.1) is 4.61 Å². The van der Waals surface area contributed by atoms with Crippen LogP contribution in [0.5, 0.6) is 0 Å². The zero-order valence-electron chi connectivity index (χ0n) is 6.62. The highest BCUT2D eigenvalue weighted by atomic mass is 79.9. The van der Waals surface area contributed by atoms with Gasteiger partial charge in [-0.1, -0.05) is 15.9 Å². The molecule has 11 heavy (non-hydrogen) atoms. The molecule has 0 aromatic heterocycles. The fraction of sp³-hybridized carbons (Fsp3) is 0.429. The van der Waals surface area contributed by atoms with Crippen molar-refractivity contribution in [3.05, 3.63) is 22.0 Å². The summed E-state index contributed by atoms with van der Waals surface area (Å²) in [5, 5.41) is 3.66. The molecular weight excluding hydrogens is 272 g/mol. The van der Waals surface area contributed by atoms with Crippen LogP contribution in [0.25, 0.3) is 0 Å². The number of rotatable bonds is 3. The molecule has 0 aromatic rings. The van der Waals surface area contributed by atoms with Crippen molar-refractivity contribution >= 4 is 31.9 Å². The Morgan fingerprint density at radius 3 is 2.55 bits per heavy atom. The molecule has 2 nitrogen and oxygen atoms in total. The van der Waals surface area contributed by atoms with Gasteiger partial charge in [0.15, 0.2) is 0 Å². The molecule has 3 N–H and O–H groups in total. The monoisotopic (exact) mass is 282 g/mol. The Kier molecular flexibility index (Phi) is 5.68. The van der Waals surface area contributed by atoms with Gasteiger partial charge in [-0.25, -0.2) is 0 Å². The van der Waals surface area contributed by atoms with Gasteiger partial charge in [0.1, 0.15) is 0 Å². The summed E-state index contributed by atoms with van der Waals surface area (Å²) in [5.74, 6) is 0. The van der Waals surface area contributed by atoms with Crippen molar-refractivity contribution in [3.63, 3.8) is 0 Å². The van der Waals surface area contributed by atoms with E-state index < -0.39 is 0 Å². The van der Waals surface area contributed by atoms with E-state index >= 15 is 0 Å². The van der Waals surface area contributed by atoms with Crippen molar-refractivity contribution in [1.82, 2.24) is 5.32 Å². The molecule has 0 fully saturated rings. The minimum absolute atomic E-state index is 0.708. The lowest BCUT2D eigenvalue weighted by Crippen LogP contribution is -2.03. The van der Waals surface area contributed by atoms with E-state index in [9.17, 15) is 0 Å². The highest BCUT2D eigenvalue weighted by Crippen LogP contribution is 2.08. The van der Waals surface area contributed by atoms with Crippen LogP contribution in [0.4, 0.5) is 0 Å². The van der Waals surface area contributed by atoms with Crippen molar-refractivity contribution in [2.45, 2.75) is 6.92 Å². The van der Waals surface area contributed by atoms with E-state index in [4.69, 9.17) is 5.73 Å². The average molecular weight is 284 g/mol. The number of hydrogen-bond donors (Lipinski definition) is 2. The summed E-state index contributed by atoms with van der Waals surface area (Å²) in [7, 11) is 1.85. The summed E-state index contributed by atoms with van der Waals surface area (Å²) < 4.78 is 0.930. The molecule has 0 amide bonds. The van der Waals surface area contributed by atoms with Crippen molar-refractivity contribution in [3.8, 4) is 0 Å². The van der Waals surface area contributed by atoms with Crippen molar-refractivity contribution in [1.29, 1.82) is 0 Å². The third-order valence-electron chi connectivity index (χ3n) is 1.23. The Bertz CT molecular complexity index is 185. The molecule has 0 aliphatic heterocycles. The standard InChI is InChI=1S/C7H12Br2N2/c1-5(6(10)4-8)3-7(9)11-2/h3,11H,4,10H2,1-2H3/b6-5+,7-3-. The maximum Gasteiger partial charge on any atom is 0.0780 e. The smallest absolute Gasteiger partial charge is 0.0780 e. The van der Waals surface area contributed by atoms with Crippen LogP contribution in [-0.2, 0) is 0 Å². The number of allylic oxidation sites excluding steroid dienone is 3. The lowest BCUT2D eigenvalue weighted by molar-refractivity contribution is 1.08. The van der Waals surface area contributed by atoms with E-state index in [1.54, 1.807) is 0 Å². The fourth-order valence-electron chi connectivity index (χ4n) is 0.460. The molecule has 0 aromatic carbocycles. The van der Waals surface area contributed by atoms with Crippen LogP contribution >= 0.6 is 31.9 Å². The Morgan fingerprint density at radius 2 is 2.18 bits per heavy atom. The van der Waals surface area contributed by atoms with Gasteiger partial charge in [0.2, 0.25) is 0 Å². The topological polar surface area (TPSA) is 38.0 Å². The molecule has 64 valence electrons. The number of nitrogens with one attached hydrogen (secondary N) is 1. The van der Waals surface area contributed by atoms with Gasteiger partial charge in [-0.2, -0.15) is 0 Å². The van der Waals surface area contributed by atoms with E-state index in [0.29, 0.717) is 5.33 Å². The quantitative estimate of drug-likeness (QED) is 0.473. The maximum atomic E-state index is 5.66. The molecule has 0 aliphatic rings. The SMILES string of the molecule is CN/C(Br)=C\C(C)=C(\N)CBr. The predicted molar refractivity (Wildman–Crippen MR) is 56.8 cm³/mol. The molecule has 0 aliphatic carbocycles. The molecule has 0 saturated heterocycles. The second-order valence-electron chi connectivity index (χ2n) is 2.08. The van der Waals surface area contributed by atoms with E-state index in [0.717, 1.165) is 15.9 Å². The molecule has 0 rings (SSSR count). The number of hydrogen-bond acceptors (Lipinski definition) is 2. The van der Waals surface area contributed by atoms with Crippen LogP contribution in [0.1, 0.15) is 6.92 Å². The van der Waals surface area contributed by atoms with Crippen LogP contribution in [0.15, 0.2) is 22.0 Å². The Balaban J connectivity index is 4.37. The van der Waals surface area contributed by atoms with Crippen molar-refractivity contribution < 1.29 is 0 Å². The van der Waals surface area contributed by atoms with Gasteiger partial charge in [-0.3, -0.25) is 0 Å². The summed E-state index contributed by atoms with van der Waals surface area (Å²) in [6, 6.07) is 0. The van der Waals surface area contributed by atoms with Crippen LogP contribution < -0.4 is 11.1 Å². The first-order valence-electron chi connectivity index (χ1n) is 3.18. The molecule has 4 heteroatoms. The molecule has 0 radical (unpaired) electrons. The second kappa shape index (κ2) is 5.66.